The minimum Gasteiger partial charge on any atom is -0.497 e. The largest absolute Gasteiger partial charge is 0.497 e. The van der Waals surface area contributed by atoms with Crippen molar-refractivity contribution in [1.82, 2.24) is 15.0 Å². The first-order valence-corrected chi connectivity index (χ1v) is 5.82. The van der Waals surface area contributed by atoms with Crippen LogP contribution < -0.4 is 10.1 Å². The molecular formula is C14H12N4O. The predicted molar refractivity (Wildman–Crippen MR) is 73.6 cm³/mol. The average Bonchev–Trinajstić information content (AvgIpc) is 2.48. The number of nitrogens with zero attached hydrogens (tertiary/aromatic N) is 3. The summed E-state index contributed by atoms with van der Waals surface area (Å²) in [6, 6.07) is 9.51. The first kappa shape index (κ1) is 11.4. The van der Waals surface area contributed by atoms with Crippen molar-refractivity contribution in [3.8, 4) is 5.75 Å². The lowest BCUT2D eigenvalue weighted by Gasteiger charge is -2.08. The first-order chi connectivity index (χ1) is 9.36. The van der Waals surface area contributed by atoms with Gasteiger partial charge in [-0.15, -0.1) is 0 Å². The quantitative estimate of drug-likeness (QED) is 0.776. The van der Waals surface area contributed by atoms with E-state index in [1.54, 1.807) is 19.5 Å². The maximum Gasteiger partial charge on any atom is 0.141 e. The highest BCUT2D eigenvalue weighted by atomic mass is 16.5. The van der Waals surface area contributed by atoms with E-state index in [1.807, 2.05) is 30.3 Å². The lowest BCUT2D eigenvalue weighted by atomic mass is 10.2. The zero-order valence-corrected chi connectivity index (χ0v) is 10.4. The number of hydrogen-bond acceptors (Lipinski definition) is 5. The molecule has 3 aromatic rings. The van der Waals surface area contributed by atoms with E-state index in [4.69, 9.17) is 4.74 Å². The molecule has 1 aromatic carbocycles. The monoisotopic (exact) mass is 252 g/mol. The minimum absolute atomic E-state index is 0.751. The topological polar surface area (TPSA) is 59.9 Å². The molecule has 0 fully saturated rings. The van der Waals surface area contributed by atoms with Gasteiger partial charge in [-0.2, -0.15) is 0 Å². The molecule has 19 heavy (non-hydrogen) atoms. The Balaban J connectivity index is 2.04. The molecule has 94 valence electrons. The smallest absolute Gasteiger partial charge is 0.141 e. The average molecular weight is 252 g/mol. The standard InChI is InChI=1S/C14H12N4O/c1-19-11-4-5-12-13(7-11)16-9-17-14(12)18-10-3-2-6-15-8-10/h2-9H,1H3,(H,16,17,18). The summed E-state index contributed by atoms with van der Waals surface area (Å²) in [5, 5.41) is 4.17. The van der Waals surface area contributed by atoms with Gasteiger partial charge in [-0.1, -0.05) is 0 Å². The lowest BCUT2D eigenvalue weighted by molar-refractivity contribution is 0.415. The number of ether oxygens (including phenoxy) is 1. The summed E-state index contributed by atoms with van der Waals surface area (Å²) >= 11 is 0. The second-order valence-corrected chi connectivity index (χ2v) is 3.97. The van der Waals surface area contributed by atoms with Gasteiger partial charge in [-0.05, 0) is 24.3 Å². The Morgan fingerprint density at radius 3 is 2.89 bits per heavy atom. The van der Waals surface area contributed by atoms with Crippen LogP contribution in [0.5, 0.6) is 5.75 Å². The number of hydrogen-bond donors (Lipinski definition) is 1. The third kappa shape index (κ3) is 2.30. The summed E-state index contributed by atoms with van der Waals surface area (Å²) in [6.45, 7) is 0. The molecular weight excluding hydrogens is 240 g/mol. The van der Waals surface area contributed by atoms with Crippen molar-refractivity contribution in [3.63, 3.8) is 0 Å². The van der Waals surface area contributed by atoms with Crippen molar-refractivity contribution < 1.29 is 4.74 Å². The lowest BCUT2D eigenvalue weighted by Crippen LogP contribution is -1.96. The SMILES string of the molecule is COc1ccc2c(Nc3cccnc3)ncnc2c1. The molecule has 0 aliphatic heterocycles. The summed E-state index contributed by atoms with van der Waals surface area (Å²) in [5.74, 6) is 1.53. The zero-order chi connectivity index (χ0) is 13.1. The Labute approximate surface area is 110 Å². The van der Waals surface area contributed by atoms with Crippen LogP contribution in [0.15, 0.2) is 49.1 Å². The predicted octanol–water partition coefficient (Wildman–Crippen LogP) is 2.78. The van der Waals surface area contributed by atoms with Gasteiger partial charge in [-0.25, -0.2) is 9.97 Å². The molecule has 5 nitrogen and oxygen atoms in total. The van der Waals surface area contributed by atoms with Gasteiger partial charge in [0.05, 0.1) is 24.5 Å². The molecule has 0 bridgehead atoms. The van der Waals surface area contributed by atoms with E-state index >= 15 is 0 Å². The number of nitrogens with one attached hydrogen (secondary N) is 1. The van der Waals surface area contributed by atoms with Gasteiger partial charge < -0.3 is 10.1 Å². The molecule has 0 unspecified atom stereocenters. The molecule has 3 rings (SSSR count). The third-order valence-corrected chi connectivity index (χ3v) is 2.77. The van der Waals surface area contributed by atoms with Crippen molar-refractivity contribution in [3.05, 3.63) is 49.1 Å². The number of benzene rings is 1. The maximum absolute atomic E-state index is 5.19. The van der Waals surface area contributed by atoms with E-state index in [1.165, 1.54) is 6.33 Å². The van der Waals surface area contributed by atoms with E-state index in [0.717, 1.165) is 28.2 Å². The number of methoxy groups -OCH3 is 1. The van der Waals surface area contributed by atoms with E-state index < -0.39 is 0 Å². The summed E-state index contributed by atoms with van der Waals surface area (Å²) in [4.78, 5) is 12.6. The van der Waals surface area contributed by atoms with Crippen LogP contribution in [0.1, 0.15) is 0 Å². The number of fused-ring (bicyclic) bond motifs is 1. The number of rotatable bonds is 3. The Morgan fingerprint density at radius 2 is 2.11 bits per heavy atom. The molecule has 0 atom stereocenters. The highest BCUT2D eigenvalue weighted by molar-refractivity contribution is 5.91. The Bertz CT molecular complexity index is 700. The van der Waals surface area contributed by atoms with Gasteiger partial charge in [0.15, 0.2) is 0 Å². The Hall–Kier alpha value is -2.69. The van der Waals surface area contributed by atoms with Crippen LogP contribution in [-0.4, -0.2) is 22.1 Å². The summed E-state index contributed by atoms with van der Waals surface area (Å²) in [6.07, 6.45) is 5.01. The zero-order valence-electron chi connectivity index (χ0n) is 10.4. The van der Waals surface area contributed by atoms with Crippen LogP contribution in [0, 0.1) is 0 Å². The summed E-state index contributed by atoms with van der Waals surface area (Å²) in [7, 11) is 1.64. The second-order valence-electron chi connectivity index (χ2n) is 3.97. The molecule has 0 spiro atoms. The molecule has 0 amide bonds. The second kappa shape index (κ2) is 4.89. The fourth-order valence-electron chi connectivity index (χ4n) is 1.84. The molecule has 1 N–H and O–H groups in total. The van der Waals surface area contributed by atoms with Crippen LogP contribution >= 0.6 is 0 Å². The van der Waals surface area contributed by atoms with Crippen LogP contribution in [-0.2, 0) is 0 Å². The van der Waals surface area contributed by atoms with Gasteiger partial charge in [0.2, 0.25) is 0 Å². The van der Waals surface area contributed by atoms with Gasteiger partial charge >= 0.3 is 0 Å². The maximum atomic E-state index is 5.19. The number of pyridine rings is 1. The van der Waals surface area contributed by atoms with Crippen molar-refractivity contribution in [2.45, 2.75) is 0 Å². The highest BCUT2D eigenvalue weighted by Gasteiger charge is 2.05. The molecule has 0 aliphatic carbocycles. The number of aromatic nitrogens is 3. The van der Waals surface area contributed by atoms with E-state index in [0.29, 0.717) is 0 Å². The van der Waals surface area contributed by atoms with E-state index in [9.17, 15) is 0 Å². The van der Waals surface area contributed by atoms with Crippen LogP contribution in [0.3, 0.4) is 0 Å². The van der Waals surface area contributed by atoms with Crippen molar-refractivity contribution in [1.29, 1.82) is 0 Å². The fourth-order valence-corrected chi connectivity index (χ4v) is 1.84. The Morgan fingerprint density at radius 1 is 1.16 bits per heavy atom. The molecule has 5 heteroatoms. The first-order valence-electron chi connectivity index (χ1n) is 5.82. The normalized spacial score (nSPS) is 10.4. The number of anilines is 2. The van der Waals surface area contributed by atoms with Gasteiger partial charge in [-0.3, -0.25) is 4.98 Å². The van der Waals surface area contributed by atoms with Crippen molar-refractivity contribution >= 4 is 22.4 Å². The van der Waals surface area contributed by atoms with Gasteiger partial charge in [0.25, 0.3) is 0 Å². The van der Waals surface area contributed by atoms with Gasteiger partial charge in [0.1, 0.15) is 17.9 Å². The third-order valence-electron chi connectivity index (χ3n) is 2.77. The minimum atomic E-state index is 0.751. The van der Waals surface area contributed by atoms with E-state index in [2.05, 4.69) is 20.3 Å². The fraction of sp³-hybridized carbons (Fsp3) is 0.0714. The van der Waals surface area contributed by atoms with Crippen LogP contribution in [0.2, 0.25) is 0 Å². The van der Waals surface area contributed by atoms with Crippen molar-refractivity contribution in [2.24, 2.45) is 0 Å². The highest BCUT2D eigenvalue weighted by Crippen LogP contribution is 2.25. The molecule has 0 saturated carbocycles. The molecule has 0 aliphatic rings. The van der Waals surface area contributed by atoms with Gasteiger partial charge in [0, 0.05) is 17.6 Å². The van der Waals surface area contributed by atoms with Crippen LogP contribution in [0.4, 0.5) is 11.5 Å². The van der Waals surface area contributed by atoms with E-state index in [-0.39, 0.29) is 0 Å². The molecule has 2 heterocycles. The molecule has 0 radical (unpaired) electrons. The summed E-state index contributed by atoms with van der Waals surface area (Å²) in [5.41, 5.74) is 1.72. The van der Waals surface area contributed by atoms with Crippen molar-refractivity contribution in [2.75, 3.05) is 12.4 Å². The Kier molecular flexibility index (Phi) is 2.94. The van der Waals surface area contributed by atoms with Crippen LogP contribution in [0.25, 0.3) is 10.9 Å². The molecule has 2 aromatic heterocycles. The summed E-state index contributed by atoms with van der Waals surface area (Å²) < 4.78 is 5.19. The molecule has 0 saturated heterocycles.